The second kappa shape index (κ2) is 3.62. The van der Waals surface area contributed by atoms with Crippen LogP contribution in [-0.4, -0.2) is 10.9 Å². The van der Waals surface area contributed by atoms with E-state index in [-0.39, 0.29) is 17.5 Å². The Kier molecular flexibility index (Phi) is 2.31. The van der Waals surface area contributed by atoms with Gasteiger partial charge in [-0.3, -0.25) is 4.79 Å². The quantitative estimate of drug-likeness (QED) is 0.655. The van der Waals surface area contributed by atoms with Crippen molar-refractivity contribution in [2.24, 2.45) is 5.92 Å². The van der Waals surface area contributed by atoms with E-state index in [4.69, 9.17) is 0 Å². The Labute approximate surface area is 88.3 Å². The van der Waals surface area contributed by atoms with Crippen LogP contribution in [-0.2, 0) is 4.79 Å². The average molecular weight is 198 g/mol. The minimum Gasteiger partial charge on any atom is -0.501 e. The van der Waals surface area contributed by atoms with Gasteiger partial charge in [0, 0.05) is 11.6 Å². The summed E-state index contributed by atoms with van der Waals surface area (Å²) in [5.74, 6) is 5.31. The molecule has 2 aliphatic rings. The normalized spacial score (nSPS) is 22.5. The molecule has 2 rings (SSSR count). The molecule has 0 heterocycles. The van der Waals surface area contributed by atoms with Gasteiger partial charge in [-0.1, -0.05) is 30.2 Å². The molecule has 0 aromatic heterocycles. The van der Waals surface area contributed by atoms with Gasteiger partial charge in [-0.25, -0.2) is 0 Å². The number of rotatable bonds is 1. The third-order valence-electron chi connectivity index (χ3n) is 2.35. The number of allylic oxidation sites excluding steroid dienone is 8. The van der Waals surface area contributed by atoms with Gasteiger partial charge in [-0.05, 0) is 18.4 Å². The summed E-state index contributed by atoms with van der Waals surface area (Å²) in [5, 5.41) is 9.41. The van der Waals surface area contributed by atoms with Crippen molar-refractivity contribution < 1.29 is 9.90 Å². The number of fused-ring (bicyclic) bond motifs is 1. The Balaban J connectivity index is 2.61. The van der Waals surface area contributed by atoms with E-state index in [1.165, 1.54) is 13.0 Å². The van der Waals surface area contributed by atoms with Gasteiger partial charge in [0.15, 0.2) is 11.5 Å². The Bertz CT molecular complexity index is 490. The van der Waals surface area contributed by atoms with E-state index >= 15 is 0 Å². The maximum Gasteiger partial charge on any atom is 0.167 e. The molecule has 0 aromatic carbocycles. The molecule has 2 aliphatic carbocycles. The van der Waals surface area contributed by atoms with Crippen LogP contribution in [0.3, 0.4) is 0 Å². The molecule has 0 saturated carbocycles. The molecule has 1 unspecified atom stereocenters. The van der Waals surface area contributed by atoms with Crippen molar-refractivity contribution >= 4 is 5.78 Å². The average Bonchev–Trinajstić information content (AvgIpc) is 2.39. The Morgan fingerprint density at radius 1 is 1.47 bits per heavy atom. The fraction of sp³-hybridized carbons (Fsp3) is 0.154. The van der Waals surface area contributed by atoms with E-state index in [1.54, 1.807) is 0 Å². The molecule has 0 radical (unpaired) electrons. The number of carbonyl (C=O) groups is 1. The first-order chi connectivity index (χ1) is 7.18. The van der Waals surface area contributed by atoms with Crippen LogP contribution in [0.2, 0.25) is 0 Å². The van der Waals surface area contributed by atoms with Crippen molar-refractivity contribution in [3.63, 3.8) is 0 Å². The van der Waals surface area contributed by atoms with Crippen LogP contribution in [0, 0.1) is 17.8 Å². The number of ketones is 1. The van der Waals surface area contributed by atoms with Gasteiger partial charge in [-0.15, -0.1) is 0 Å². The van der Waals surface area contributed by atoms with Crippen LogP contribution in [0.4, 0.5) is 0 Å². The van der Waals surface area contributed by atoms with Crippen LogP contribution in [0.5, 0.6) is 0 Å². The van der Waals surface area contributed by atoms with Crippen molar-refractivity contribution in [2.45, 2.75) is 6.92 Å². The van der Waals surface area contributed by atoms with Crippen LogP contribution in [0.25, 0.3) is 0 Å². The lowest BCUT2D eigenvalue weighted by atomic mass is 9.90. The first kappa shape index (κ1) is 9.54. The third kappa shape index (κ3) is 1.77. The number of aliphatic hydroxyl groups is 1. The zero-order valence-corrected chi connectivity index (χ0v) is 8.32. The van der Waals surface area contributed by atoms with Gasteiger partial charge in [-0.2, -0.15) is 0 Å². The zero-order chi connectivity index (χ0) is 10.8. The first-order valence-electron chi connectivity index (χ1n) is 4.70. The second-order valence-corrected chi connectivity index (χ2v) is 3.45. The summed E-state index contributed by atoms with van der Waals surface area (Å²) in [6.07, 6.45) is 8.98. The first-order valence-corrected chi connectivity index (χ1v) is 4.70. The minimum absolute atomic E-state index is 0.0519. The van der Waals surface area contributed by atoms with Crippen molar-refractivity contribution in [3.05, 3.63) is 47.3 Å². The monoisotopic (exact) mass is 198 g/mol. The van der Waals surface area contributed by atoms with Gasteiger partial charge in [0.05, 0.1) is 5.92 Å². The second-order valence-electron chi connectivity index (χ2n) is 3.45. The van der Waals surface area contributed by atoms with Gasteiger partial charge in [0.1, 0.15) is 0 Å². The lowest BCUT2D eigenvalue weighted by Crippen LogP contribution is -2.06. The standard InChI is InChI=1S/C13H10O2/c1-9(14)13-8-11(15)7-6-10-4-2-3-5-12(10)13/h2-5,8,10,15H,1H3. The molecule has 0 saturated heterocycles. The maximum atomic E-state index is 11.4. The molecular weight excluding hydrogens is 188 g/mol. The van der Waals surface area contributed by atoms with Crippen molar-refractivity contribution in [1.82, 2.24) is 0 Å². The summed E-state index contributed by atoms with van der Waals surface area (Å²) >= 11 is 0. The number of hydrogen-bond donors (Lipinski definition) is 1. The fourth-order valence-electron chi connectivity index (χ4n) is 1.64. The molecule has 1 atom stereocenters. The summed E-state index contributed by atoms with van der Waals surface area (Å²) in [7, 11) is 0. The largest absolute Gasteiger partial charge is 0.501 e. The zero-order valence-electron chi connectivity index (χ0n) is 8.32. The van der Waals surface area contributed by atoms with E-state index in [0.29, 0.717) is 5.57 Å². The van der Waals surface area contributed by atoms with Gasteiger partial charge in [0.25, 0.3) is 0 Å². The van der Waals surface area contributed by atoms with E-state index in [0.717, 1.165) is 5.57 Å². The highest BCUT2D eigenvalue weighted by Gasteiger charge is 2.18. The lowest BCUT2D eigenvalue weighted by molar-refractivity contribution is -0.113. The van der Waals surface area contributed by atoms with Gasteiger partial charge < -0.3 is 5.11 Å². The number of Topliss-reactive ketones (excluding diaryl/α,β-unsaturated/α-hetero) is 1. The van der Waals surface area contributed by atoms with Crippen LogP contribution >= 0.6 is 0 Å². The molecular formula is C13H10O2. The van der Waals surface area contributed by atoms with Crippen LogP contribution < -0.4 is 0 Å². The van der Waals surface area contributed by atoms with Gasteiger partial charge in [0.2, 0.25) is 0 Å². The molecule has 1 N–H and O–H groups in total. The number of aliphatic hydroxyl groups excluding tert-OH is 1. The Hall–Kier alpha value is -2.01. The number of carbonyl (C=O) groups excluding carboxylic acids is 1. The molecule has 0 fully saturated rings. The van der Waals surface area contributed by atoms with Gasteiger partial charge >= 0.3 is 0 Å². The molecule has 0 amide bonds. The summed E-state index contributed by atoms with van der Waals surface area (Å²) in [6, 6.07) is 0. The van der Waals surface area contributed by atoms with E-state index in [9.17, 15) is 9.90 Å². The van der Waals surface area contributed by atoms with E-state index in [2.05, 4.69) is 11.8 Å². The predicted molar refractivity (Wildman–Crippen MR) is 58.0 cm³/mol. The van der Waals surface area contributed by atoms with Crippen molar-refractivity contribution in [2.75, 3.05) is 0 Å². The molecule has 0 aromatic rings. The Morgan fingerprint density at radius 3 is 3.00 bits per heavy atom. The summed E-state index contributed by atoms with van der Waals surface area (Å²) in [6.45, 7) is 1.49. The fourth-order valence-corrected chi connectivity index (χ4v) is 1.64. The SMILES string of the molecule is CC(=O)C1=C2C=CC=CC2C#CC(O)=C1. The smallest absolute Gasteiger partial charge is 0.167 e. The molecule has 2 nitrogen and oxygen atoms in total. The molecule has 15 heavy (non-hydrogen) atoms. The molecule has 2 heteroatoms. The summed E-state index contributed by atoms with van der Waals surface area (Å²) in [5.41, 5.74) is 1.39. The molecule has 74 valence electrons. The van der Waals surface area contributed by atoms with Crippen LogP contribution in [0.1, 0.15) is 6.92 Å². The van der Waals surface area contributed by atoms with Crippen LogP contribution in [0.15, 0.2) is 47.3 Å². The summed E-state index contributed by atoms with van der Waals surface area (Å²) in [4.78, 5) is 11.4. The third-order valence-corrected chi connectivity index (χ3v) is 2.35. The predicted octanol–water partition coefficient (Wildman–Crippen LogP) is 2.07. The highest BCUT2D eigenvalue weighted by Crippen LogP contribution is 2.25. The Morgan fingerprint density at radius 2 is 2.27 bits per heavy atom. The molecule has 0 spiro atoms. The maximum absolute atomic E-state index is 11.4. The van der Waals surface area contributed by atoms with E-state index in [1.807, 2.05) is 24.3 Å². The minimum atomic E-state index is -0.0881. The van der Waals surface area contributed by atoms with Crippen molar-refractivity contribution in [1.29, 1.82) is 0 Å². The molecule has 0 aliphatic heterocycles. The highest BCUT2D eigenvalue weighted by atomic mass is 16.3. The molecule has 0 bridgehead atoms. The number of hydrogen-bond acceptors (Lipinski definition) is 2. The lowest BCUT2D eigenvalue weighted by Gasteiger charge is -2.12. The van der Waals surface area contributed by atoms with Crippen molar-refractivity contribution in [3.8, 4) is 11.8 Å². The van der Waals surface area contributed by atoms with E-state index < -0.39 is 0 Å². The topological polar surface area (TPSA) is 37.3 Å². The highest BCUT2D eigenvalue weighted by molar-refractivity contribution is 5.98. The summed E-state index contributed by atoms with van der Waals surface area (Å²) < 4.78 is 0.